The molecule has 0 aliphatic carbocycles. The monoisotopic (exact) mass is 477 g/mol. The molecule has 35 heavy (non-hydrogen) atoms. The first-order chi connectivity index (χ1) is 16.7. The van der Waals surface area contributed by atoms with Crippen LogP contribution in [0.3, 0.4) is 0 Å². The Balaban J connectivity index is 1.70. The van der Waals surface area contributed by atoms with E-state index in [1.807, 2.05) is 19.0 Å². The molecule has 0 aliphatic heterocycles. The SMILES string of the molecule is CN(C)CCN(C(=O)c1ccn2ncc(-c3ccc(C(F)(F)F)cc3)c2c1)c1ccc(C#N)cc1. The Kier molecular flexibility index (Phi) is 6.58. The number of likely N-dealkylation sites (N-methyl/N-ethyl adjacent to an activating group) is 1. The van der Waals surface area contributed by atoms with Crippen molar-refractivity contribution in [3.8, 4) is 17.2 Å². The third-order valence-corrected chi connectivity index (χ3v) is 5.62. The van der Waals surface area contributed by atoms with Crippen molar-refractivity contribution >= 4 is 17.1 Å². The Hall–Kier alpha value is -4.16. The van der Waals surface area contributed by atoms with E-state index >= 15 is 0 Å². The van der Waals surface area contributed by atoms with E-state index < -0.39 is 11.7 Å². The standard InChI is InChI=1S/C26H22F3N5O/c1-32(2)13-14-33(22-9-3-18(16-30)4-10-22)25(35)20-11-12-34-24(15-20)23(17-31-34)19-5-7-21(8-6-19)26(27,28)29/h3-12,15,17H,13-14H2,1-2H3. The normalized spacial score (nSPS) is 11.6. The van der Waals surface area contributed by atoms with Gasteiger partial charge in [0.05, 0.1) is 28.9 Å². The van der Waals surface area contributed by atoms with Crippen LogP contribution in [0.25, 0.3) is 16.6 Å². The minimum atomic E-state index is -4.42. The molecule has 4 aromatic rings. The van der Waals surface area contributed by atoms with Gasteiger partial charge in [-0.1, -0.05) is 12.1 Å². The van der Waals surface area contributed by atoms with Crippen molar-refractivity contribution in [2.24, 2.45) is 0 Å². The van der Waals surface area contributed by atoms with Gasteiger partial charge in [-0.15, -0.1) is 0 Å². The summed E-state index contributed by atoms with van der Waals surface area (Å²) in [4.78, 5) is 17.2. The van der Waals surface area contributed by atoms with Crippen LogP contribution in [-0.2, 0) is 6.18 Å². The second-order valence-electron chi connectivity index (χ2n) is 8.30. The number of fused-ring (bicyclic) bond motifs is 1. The second-order valence-corrected chi connectivity index (χ2v) is 8.30. The molecule has 9 heteroatoms. The van der Waals surface area contributed by atoms with Crippen molar-refractivity contribution in [2.75, 3.05) is 32.1 Å². The summed E-state index contributed by atoms with van der Waals surface area (Å²) in [6.07, 6.45) is -1.20. The van der Waals surface area contributed by atoms with E-state index in [-0.39, 0.29) is 5.91 Å². The summed E-state index contributed by atoms with van der Waals surface area (Å²) in [5, 5.41) is 13.4. The molecule has 6 nitrogen and oxygen atoms in total. The third-order valence-electron chi connectivity index (χ3n) is 5.62. The zero-order chi connectivity index (χ0) is 25.2. The van der Waals surface area contributed by atoms with Gasteiger partial charge in [-0.2, -0.15) is 23.5 Å². The smallest absolute Gasteiger partial charge is 0.308 e. The fourth-order valence-electron chi connectivity index (χ4n) is 3.69. The topological polar surface area (TPSA) is 64.6 Å². The molecule has 0 saturated carbocycles. The van der Waals surface area contributed by atoms with Gasteiger partial charge in [0.15, 0.2) is 0 Å². The largest absolute Gasteiger partial charge is 0.416 e. The van der Waals surface area contributed by atoms with E-state index in [1.54, 1.807) is 58.2 Å². The summed E-state index contributed by atoms with van der Waals surface area (Å²) in [5.74, 6) is -0.237. The number of benzene rings is 2. The maximum atomic E-state index is 13.6. The van der Waals surface area contributed by atoms with Gasteiger partial charge in [0.1, 0.15) is 0 Å². The van der Waals surface area contributed by atoms with Gasteiger partial charge in [0, 0.05) is 36.1 Å². The van der Waals surface area contributed by atoms with E-state index in [1.165, 1.54) is 12.1 Å². The molecule has 1 amide bonds. The molecule has 0 aliphatic rings. The molecule has 0 atom stereocenters. The van der Waals surface area contributed by atoms with E-state index in [0.717, 1.165) is 12.1 Å². The number of halogens is 3. The zero-order valence-corrected chi connectivity index (χ0v) is 19.1. The summed E-state index contributed by atoms with van der Waals surface area (Å²) in [6, 6.07) is 17.1. The first-order valence-corrected chi connectivity index (χ1v) is 10.8. The summed E-state index contributed by atoms with van der Waals surface area (Å²) in [6.45, 7) is 1.05. The number of hydrogen-bond acceptors (Lipinski definition) is 4. The van der Waals surface area contributed by atoms with E-state index in [0.29, 0.717) is 46.5 Å². The molecule has 2 heterocycles. The van der Waals surface area contributed by atoms with Crippen molar-refractivity contribution < 1.29 is 18.0 Å². The first kappa shape index (κ1) is 24.0. The lowest BCUT2D eigenvalue weighted by Gasteiger charge is -2.25. The summed E-state index contributed by atoms with van der Waals surface area (Å²) >= 11 is 0. The van der Waals surface area contributed by atoms with Crippen molar-refractivity contribution in [2.45, 2.75) is 6.18 Å². The van der Waals surface area contributed by atoms with E-state index in [4.69, 9.17) is 5.26 Å². The molecule has 2 aromatic carbocycles. The number of nitriles is 1. The molecular weight excluding hydrogens is 455 g/mol. The molecule has 178 valence electrons. The van der Waals surface area contributed by atoms with Gasteiger partial charge in [-0.25, -0.2) is 4.52 Å². The highest BCUT2D eigenvalue weighted by atomic mass is 19.4. The summed E-state index contributed by atoms with van der Waals surface area (Å²) in [5.41, 5.74) is 2.62. The van der Waals surface area contributed by atoms with E-state index in [2.05, 4.69) is 11.2 Å². The second kappa shape index (κ2) is 9.60. The number of aromatic nitrogens is 2. The van der Waals surface area contributed by atoms with Gasteiger partial charge in [-0.3, -0.25) is 4.79 Å². The predicted octanol–water partition coefficient (Wildman–Crippen LogP) is 5.10. The lowest BCUT2D eigenvalue weighted by Crippen LogP contribution is -2.36. The van der Waals surface area contributed by atoms with Crippen LogP contribution in [0.4, 0.5) is 18.9 Å². The number of nitrogens with zero attached hydrogens (tertiary/aromatic N) is 5. The van der Waals surface area contributed by atoms with Gasteiger partial charge < -0.3 is 9.80 Å². The van der Waals surface area contributed by atoms with Crippen LogP contribution < -0.4 is 4.90 Å². The summed E-state index contributed by atoms with van der Waals surface area (Å²) in [7, 11) is 3.83. The first-order valence-electron chi connectivity index (χ1n) is 10.8. The van der Waals surface area contributed by atoms with Crippen LogP contribution in [0, 0.1) is 11.3 Å². The molecule has 4 rings (SSSR count). The average molecular weight is 477 g/mol. The number of carbonyl (C=O) groups excluding carboxylic acids is 1. The number of anilines is 1. The van der Waals surface area contributed by atoms with Crippen LogP contribution in [0.1, 0.15) is 21.5 Å². The Morgan fingerprint density at radius 3 is 2.31 bits per heavy atom. The van der Waals surface area contributed by atoms with Crippen molar-refractivity contribution in [1.82, 2.24) is 14.5 Å². The molecule has 0 spiro atoms. The number of hydrogen-bond donors (Lipinski definition) is 0. The van der Waals surface area contributed by atoms with E-state index in [9.17, 15) is 18.0 Å². The molecule has 0 N–H and O–H groups in total. The lowest BCUT2D eigenvalue weighted by atomic mass is 10.0. The molecule has 2 aromatic heterocycles. The van der Waals surface area contributed by atoms with Gasteiger partial charge in [0.25, 0.3) is 5.91 Å². The molecule has 0 saturated heterocycles. The zero-order valence-electron chi connectivity index (χ0n) is 19.1. The minimum Gasteiger partial charge on any atom is -0.308 e. The lowest BCUT2D eigenvalue weighted by molar-refractivity contribution is -0.137. The quantitative estimate of drug-likeness (QED) is 0.388. The van der Waals surface area contributed by atoms with Crippen LogP contribution >= 0.6 is 0 Å². The Morgan fingerprint density at radius 2 is 1.71 bits per heavy atom. The van der Waals surface area contributed by atoms with Gasteiger partial charge in [-0.05, 0) is 68.2 Å². The van der Waals surface area contributed by atoms with Crippen molar-refractivity contribution in [3.05, 3.63) is 89.7 Å². The maximum Gasteiger partial charge on any atom is 0.416 e. The fraction of sp³-hybridized carbons (Fsp3) is 0.192. The fourth-order valence-corrected chi connectivity index (χ4v) is 3.69. The number of pyridine rings is 1. The number of carbonyl (C=O) groups is 1. The molecule has 0 unspecified atom stereocenters. The molecular formula is C26H22F3N5O. The molecule has 0 radical (unpaired) electrons. The highest BCUT2D eigenvalue weighted by Gasteiger charge is 2.30. The van der Waals surface area contributed by atoms with Crippen LogP contribution in [0.5, 0.6) is 0 Å². The van der Waals surface area contributed by atoms with Crippen molar-refractivity contribution in [3.63, 3.8) is 0 Å². The highest BCUT2D eigenvalue weighted by Crippen LogP contribution is 2.32. The number of rotatable bonds is 6. The number of alkyl halides is 3. The van der Waals surface area contributed by atoms with Crippen molar-refractivity contribution in [1.29, 1.82) is 5.26 Å². The molecule has 0 fully saturated rings. The minimum absolute atomic E-state index is 0.237. The van der Waals surface area contributed by atoms with Gasteiger partial charge >= 0.3 is 6.18 Å². The highest BCUT2D eigenvalue weighted by molar-refractivity contribution is 6.07. The van der Waals surface area contributed by atoms with Crippen LogP contribution in [0.2, 0.25) is 0 Å². The Bertz CT molecular complexity index is 1380. The number of amides is 1. The Morgan fingerprint density at radius 1 is 1.03 bits per heavy atom. The predicted molar refractivity (Wildman–Crippen MR) is 127 cm³/mol. The maximum absolute atomic E-state index is 13.6. The average Bonchev–Trinajstić information content (AvgIpc) is 3.27. The summed E-state index contributed by atoms with van der Waals surface area (Å²) < 4.78 is 40.4. The van der Waals surface area contributed by atoms with Crippen LogP contribution in [0.15, 0.2) is 73.1 Å². The molecule has 0 bridgehead atoms. The van der Waals surface area contributed by atoms with Crippen LogP contribution in [-0.4, -0.2) is 47.6 Å². The van der Waals surface area contributed by atoms with Gasteiger partial charge in [0.2, 0.25) is 0 Å². The Labute approximate surface area is 200 Å². The third kappa shape index (κ3) is 5.18.